The molecule has 3 rings (SSSR count). The molecule has 2 aliphatic rings. The van der Waals surface area contributed by atoms with Crippen molar-refractivity contribution in [3.63, 3.8) is 0 Å². The van der Waals surface area contributed by atoms with Crippen LogP contribution in [0.5, 0.6) is 0 Å². The Morgan fingerprint density at radius 1 is 1.14 bits per heavy atom. The molecule has 0 bridgehead atoms. The van der Waals surface area contributed by atoms with E-state index in [2.05, 4.69) is 22.4 Å². The molecule has 0 saturated carbocycles. The van der Waals surface area contributed by atoms with Crippen LogP contribution in [0.2, 0.25) is 0 Å². The number of carbonyl (C=O) groups excluding carboxylic acids is 5. The molecule has 0 aliphatic carbocycles. The Morgan fingerprint density at radius 3 is 2.56 bits per heavy atom. The molecule has 43 heavy (non-hydrogen) atoms. The Balaban J connectivity index is 1.61. The molecule has 236 valence electrons. The lowest BCUT2D eigenvalue weighted by Gasteiger charge is -2.49. The van der Waals surface area contributed by atoms with Gasteiger partial charge in [0.2, 0.25) is 0 Å². The fraction of sp³-hybridized carbons (Fsp3) is 0.577. The zero-order valence-electron chi connectivity index (χ0n) is 24.1. The van der Waals surface area contributed by atoms with Crippen molar-refractivity contribution in [1.29, 1.82) is 0 Å². The molecule has 2 atom stereocenters. The molecule has 0 aromatic carbocycles. The highest BCUT2D eigenvalue weighted by Gasteiger charge is 2.55. The number of esters is 3. The van der Waals surface area contributed by atoms with E-state index in [4.69, 9.17) is 29.5 Å². The molecule has 3 N–H and O–H groups in total. The Hall–Kier alpha value is -3.70. The summed E-state index contributed by atoms with van der Waals surface area (Å²) in [7, 11) is 1.25. The monoisotopic (exact) mass is 641 g/mol. The molecular formula is C26H35N5O10S2. The van der Waals surface area contributed by atoms with Gasteiger partial charge in [-0.15, -0.1) is 23.1 Å². The minimum absolute atomic E-state index is 0.139. The number of ether oxygens (including phenoxy) is 4. The number of β-lactam (4-membered cyclic amide) rings is 1. The lowest BCUT2D eigenvalue weighted by atomic mass is 10.0. The van der Waals surface area contributed by atoms with E-state index < -0.39 is 47.7 Å². The predicted molar refractivity (Wildman–Crippen MR) is 156 cm³/mol. The van der Waals surface area contributed by atoms with Crippen LogP contribution >= 0.6 is 23.1 Å². The van der Waals surface area contributed by atoms with Crippen LogP contribution in [0.15, 0.2) is 21.8 Å². The smallest absolute Gasteiger partial charge is 0.355 e. The van der Waals surface area contributed by atoms with Crippen LogP contribution in [-0.2, 0) is 47.8 Å². The third kappa shape index (κ3) is 9.39. The van der Waals surface area contributed by atoms with Crippen molar-refractivity contribution in [2.45, 2.75) is 50.9 Å². The van der Waals surface area contributed by atoms with Gasteiger partial charge in [-0.3, -0.25) is 19.3 Å². The summed E-state index contributed by atoms with van der Waals surface area (Å²) in [4.78, 5) is 72.8. The fourth-order valence-corrected chi connectivity index (χ4v) is 5.82. The summed E-state index contributed by atoms with van der Waals surface area (Å²) in [6.07, 6.45) is 3.35. The summed E-state index contributed by atoms with van der Waals surface area (Å²) in [5.74, 6) is -3.47. The first kappa shape index (κ1) is 33.8. The average molecular weight is 642 g/mol. The number of nitrogens with two attached hydrogens (primary N) is 1. The Labute approximate surface area is 256 Å². The maximum atomic E-state index is 13.2. The fourth-order valence-electron chi connectivity index (χ4n) is 3.95. The van der Waals surface area contributed by atoms with E-state index in [0.29, 0.717) is 31.6 Å². The quantitative estimate of drug-likeness (QED) is 0.0610. The average Bonchev–Trinajstić information content (AvgIpc) is 3.42. The number of thioether (sulfide) groups is 1. The van der Waals surface area contributed by atoms with Gasteiger partial charge in [0, 0.05) is 36.8 Å². The third-order valence-electron chi connectivity index (χ3n) is 6.05. The van der Waals surface area contributed by atoms with Gasteiger partial charge >= 0.3 is 17.9 Å². The molecular weight excluding hydrogens is 606 g/mol. The lowest BCUT2D eigenvalue weighted by molar-refractivity contribution is -0.160. The van der Waals surface area contributed by atoms with Crippen LogP contribution < -0.4 is 11.1 Å². The maximum absolute atomic E-state index is 13.2. The Bertz CT molecular complexity index is 1250. The summed E-state index contributed by atoms with van der Waals surface area (Å²) < 4.78 is 20.8. The molecule has 2 aliphatic heterocycles. The summed E-state index contributed by atoms with van der Waals surface area (Å²) in [6.45, 7) is 3.75. The van der Waals surface area contributed by atoms with Gasteiger partial charge in [-0.1, -0.05) is 18.5 Å². The van der Waals surface area contributed by atoms with Crippen molar-refractivity contribution < 1.29 is 47.8 Å². The number of nitrogens with zero attached hydrogens (tertiary/aromatic N) is 3. The van der Waals surface area contributed by atoms with Crippen LogP contribution in [-0.4, -0.2) is 103 Å². The molecule has 1 aromatic heterocycles. The molecule has 0 spiro atoms. The van der Waals surface area contributed by atoms with Gasteiger partial charge < -0.3 is 34.8 Å². The zero-order valence-corrected chi connectivity index (χ0v) is 25.8. The number of oxime groups is 1. The van der Waals surface area contributed by atoms with E-state index in [1.807, 2.05) is 0 Å². The number of anilines is 1. The van der Waals surface area contributed by atoms with Crippen LogP contribution in [0.4, 0.5) is 5.13 Å². The molecule has 2 amide bonds. The molecule has 15 nitrogen and oxygen atoms in total. The first-order chi connectivity index (χ1) is 20.7. The van der Waals surface area contributed by atoms with E-state index >= 15 is 0 Å². The molecule has 1 aromatic rings. The van der Waals surface area contributed by atoms with Crippen molar-refractivity contribution in [2.75, 3.05) is 51.6 Å². The molecule has 0 radical (unpaired) electrons. The molecule has 0 unspecified atom stereocenters. The number of nitrogens with one attached hydrogen (secondary N) is 1. The summed E-state index contributed by atoms with van der Waals surface area (Å²) in [5, 5.41) is 7.36. The Morgan fingerprint density at radius 2 is 1.88 bits per heavy atom. The second-order valence-electron chi connectivity index (χ2n) is 9.26. The molecule has 1 saturated heterocycles. The van der Waals surface area contributed by atoms with E-state index in [1.165, 1.54) is 31.2 Å². The highest BCUT2D eigenvalue weighted by atomic mass is 32.2. The normalized spacial score (nSPS) is 18.0. The van der Waals surface area contributed by atoms with Crippen molar-refractivity contribution in [2.24, 2.45) is 5.16 Å². The van der Waals surface area contributed by atoms with E-state index in [1.54, 1.807) is 0 Å². The van der Waals surface area contributed by atoms with Gasteiger partial charge in [0.1, 0.15) is 36.5 Å². The van der Waals surface area contributed by atoms with Gasteiger partial charge in [0.15, 0.2) is 17.5 Å². The van der Waals surface area contributed by atoms with Crippen molar-refractivity contribution >= 4 is 63.7 Å². The number of amides is 2. The van der Waals surface area contributed by atoms with Crippen LogP contribution in [0.3, 0.4) is 0 Å². The van der Waals surface area contributed by atoms with Gasteiger partial charge in [0.25, 0.3) is 11.8 Å². The second-order valence-corrected chi connectivity index (χ2v) is 11.3. The minimum atomic E-state index is -1.02. The summed E-state index contributed by atoms with van der Waals surface area (Å²) in [6, 6.07) is -1.02. The third-order valence-corrected chi connectivity index (χ3v) is 8.06. The molecule has 1 fully saturated rings. The van der Waals surface area contributed by atoms with Gasteiger partial charge in [-0.2, -0.15) is 0 Å². The minimum Gasteiger partial charge on any atom is -0.463 e. The topological polar surface area (TPSA) is 198 Å². The molecule has 3 heterocycles. The first-order valence-electron chi connectivity index (χ1n) is 13.5. The number of fused-ring (bicyclic) bond motifs is 1. The molecule has 17 heteroatoms. The van der Waals surface area contributed by atoms with Crippen molar-refractivity contribution in [3.05, 3.63) is 22.3 Å². The standard InChI is InChI=1S/C26H35N5O10S2/c1-4-5-8-38-9-6-7-10-39-18(33)12-41-25(36)21-16(11-40-15(2)32)13-42-24-20(23(35)31(21)24)29-22(34)19(30-37-3)17-14-43-26(27)28-17/h14,20,24H,4-13H2,1-3H3,(H2,27,28)(H,29,34)/t20-,24-/m1/s1. The number of thiazole rings is 1. The number of hydrogen-bond donors (Lipinski definition) is 2. The number of hydrogen-bond acceptors (Lipinski definition) is 15. The van der Waals surface area contributed by atoms with E-state index in [0.717, 1.165) is 29.1 Å². The largest absolute Gasteiger partial charge is 0.463 e. The lowest BCUT2D eigenvalue weighted by Crippen LogP contribution is -2.71. The van der Waals surface area contributed by atoms with Crippen LogP contribution in [0.1, 0.15) is 45.2 Å². The number of carbonyl (C=O) groups is 5. The number of rotatable bonds is 17. The number of aromatic nitrogens is 1. The van der Waals surface area contributed by atoms with Crippen molar-refractivity contribution in [1.82, 2.24) is 15.2 Å². The zero-order chi connectivity index (χ0) is 31.4. The first-order valence-corrected chi connectivity index (χ1v) is 15.4. The van der Waals surface area contributed by atoms with Gasteiger partial charge in [-0.05, 0) is 19.3 Å². The van der Waals surface area contributed by atoms with Crippen LogP contribution in [0, 0.1) is 0 Å². The Kier molecular flexibility index (Phi) is 13.2. The van der Waals surface area contributed by atoms with Gasteiger partial charge in [-0.25, -0.2) is 14.6 Å². The highest BCUT2D eigenvalue weighted by molar-refractivity contribution is 8.00. The van der Waals surface area contributed by atoms with Crippen LogP contribution in [0.25, 0.3) is 0 Å². The number of nitrogen functional groups attached to an aromatic ring is 1. The van der Waals surface area contributed by atoms with E-state index in [9.17, 15) is 24.0 Å². The van der Waals surface area contributed by atoms with Crippen molar-refractivity contribution in [3.8, 4) is 0 Å². The summed E-state index contributed by atoms with van der Waals surface area (Å²) >= 11 is 2.35. The number of unbranched alkanes of at least 4 members (excludes halogenated alkanes) is 2. The SMILES string of the molecule is CCCCOCCCCOC(=O)COC(=O)C1=C(COC(C)=O)CS[C@@H]2[C@H](NC(=O)C(=NOC)c3csc(N)n3)C(=O)N12. The maximum Gasteiger partial charge on any atom is 0.355 e. The predicted octanol–water partition coefficient (Wildman–Crippen LogP) is 0.976. The van der Waals surface area contributed by atoms with E-state index in [-0.39, 0.29) is 41.2 Å². The van der Waals surface area contributed by atoms with Gasteiger partial charge in [0.05, 0.1) is 6.61 Å². The summed E-state index contributed by atoms with van der Waals surface area (Å²) in [5.41, 5.74) is 5.80. The second kappa shape index (κ2) is 16.8. The highest BCUT2D eigenvalue weighted by Crippen LogP contribution is 2.40.